The van der Waals surface area contributed by atoms with Crippen LogP contribution in [-0.4, -0.2) is 78.2 Å². The molecule has 0 aliphatic rings. The Morgan fingerprint density at radius 2 is 1.00 bits per heavy atom. The van der Waals surface area contributed by atoms with Gasteiger partial charge in [-0.05, 0) is 0 Å². The first-order chi connectivity index (χ1) is 0. The zero-order valence-corrected chi connectivity index (χ0v) is 3.64. The Hall–Kier alpha value is 3.94. The molecule has 0 aliphatic carbocycles. The molecule has 0 amide bonds. The van der Waals surface area contributed by atoms with Crippen molar-refractivity contribution in [1.29, 1.82) is 0 Å². The predicted octanol–water partition coefficient (Wildman–Crippen LogP) is -3.02. The molecule has 0 fully saturated rings. The zero-order chi connectivity index (χ0) is 0. The average molecular weight is 239 g/mol. The number of rotatable bonds is 0. The van der Waals surface area contributed by atoms with E-state index in [2.05, 4.69) is 0 Å². The summed E-state index contributed by atoms with van der Waals surface area (Å²) in [4.78, 5) is 0. The van der Waals surface area contributed by atoms with E-state index in [1.165, 1.54) is 0 Å². The standard InChI is InChI=1S/Al.Ca.Ce.Mg.7H. The van der Waals surface area contributed by atoms with Gasteiger partial charge in [-0.15, -0.1) is 0 Å². The van der Waals surface area contributed by atoms with Gasteiger partial charge in [-0.2, -0.15) is 0 Å². The summed E-state index contributed by atoms with van der Waals surface area (Å²) in [5, 5.41) is 0. The monoisotopic (exact) mass is 238 g/mol. The van der Waals surface area contributed by atoms with Crippen LogP contribution in [-0.2, 0) is 0 Å². The third kappa shape index (κ3) is 9.33. The molecule has 0 aliphatic heterocycles. The summed E-state index contributed by atoms with van der Waals surface area (Å²) < 4.78 is 0. The molecule has 18 valence electrons. The maximum Gasteiger partial charge on any atom is 0.316 e. The molecule has 0 aromatic carbocycles. The molecule has 0 saturated carbocycles. The van der Waals surface area contributed by atoms with Crippen LogP contribution in [0.4, 0.5) is 0 Å². The second kappa shape index (κ2) is 15.8. The van der Waals surface area contributed by atoms with Crippen molar-refractivity contribution in [2.24, 2.45) is 0 Å². The Balaban J connectivity index is 0. The average Bonchev–Trinajstić information content (AvgIpc) is 0. The third-order valence-electron chi connectivity index (χ3n) is 0. The first kappa shape index (κ1) is 24.6. The summed E-state index contributed by atoms with van der Waals surface area (Å²) in [6.45, 7) is 0. The number of hydrogen-bond donors (Lipinski definition) is 0. The molecule has 0 spiro atoms. The Morgan fingerprint density at radius 1 is 1.00 bits per heavy atom. The van der Waals surface area contributed by atoms with Crippen molar-refractivity contribution in [2.45, 2.75) is 0 Å². The minimum atomic E-state index is 0. The van der Waals surface area contributed by atoms with Crippen molar-refractivity contribution in [1.82, 2.24) is 0 Å². The van der Waals surface area contributed by atoms with Gasteiger partial charge in [0, 0.05) is 41.7 Å². The van der Waals surface area contributed by atoms with E-state index in [1.807, 2.05) is 0 Å². The van der Waals surface area contributed by atoms with Gasteiger partial charge in [0.05, 0.1) is 0 Å². The molecule has 4 heteroatoms. The summed E-state index contributed by atoms with van der Waals surface area (Å²) in [6.07, 6.45) is 0. The van der Waals surface area contributed by atoms with Crippen LogP contribution in [0.15, 0.2) is 0 Å². The molecule has 0 atom stereocenters. The molecule has 0 saturated heterocycles. The molecule has 0 N–H and O–H groups in total. The molecule has 0 bridgehead atoms. The van der Waals surface area contributed by atoms with Gasteiger partial charge < -0.3 is 0 Å². The minimum Gasteiger partial charge on any atom is 0 e. The van der Waals surface area contributed by atoms with Crippen LogP contribution in [0.2, 0.25) is 0 Å². The summed E-state index contributed by atoms with van der Waals surface area (Å²) in [5.41, 5.74) is 0. The first-order valence-electron chi connectivity index (χ1n) is 0. The zero-order valence-electron chi connectivity index (χ0n) is 0.500. The molecule has 0 heterocycles. The topological polar surface area (TPSA) is 0 Å². The van der Waals surface area contributed by atoms with Crippen molar-refractivity contribution in [2.75, 3.05) is 0 Å². The normalized spacial score (nSPS) is 0. The summed E-state index contributed by atoms with van der Waals surface area (Å²) in [7, 11) is 0. The largest absolute Gasteiger partial charge is 0.316 e. The fourth-order valence-corrected chi connectivity index (χ4v) is 0. The molecular formula is H7AlCaCeMg. The quantitative estimate of drug-likeness (QED) is 0.394. The van der Waals surface area contributed by atoms with Gasteiger partial charge in [0.25, 0.3) is 0 Å². The van der Waals surface area contributed by atoms with Crippen molar-refractivity contribution >= 4 is 78.2 Å². The molecule has 0 aromatic heterocycles. The smallest absolute Gasteiger partial charge is 0 e. The van der Waals surface area contributed by atoms with E-state index in [-0.39, 0.29) is 120 Å². The molecule has 0 rings (SSSR count). The molecule has 4 heavy (non-hydrogen) atoms. The van der Waals surface area contributed by atoms with E-state index in [4.69, 9.17) is 0 Å². The van der Waals surface area contributed by atoms with Crippen LogP contribution in [0, 0.1) is 41.7 Å². The van der Waals surface area contributed by atoms with Gasteiger partial charge in [-0.3, -0.25) is 0 Å². The maximum absolute atomic E-state index is 0. The molecule has 0 aromatic rings. The van der Waals surface area contributed by atoms with Crippen LogP contribution < -0.4 is 0 Å². The van der Waals surface area contributed by atoms with Crippen molar-refractivity contribution in [3.63, 3.8) is 0 Å². The molecule has 0 radical (unpaired) electrons. The van der Waals surface area contributed by atoms with Gasteiger partial charge in [0.2, 0.25) is 0 Å². The maximum atomic E-state index is 0. The fraction of sp³-hybridized carbons (Fsp3) is 0. The van der Waals surface area contributed by atoms with Gasteiger partial charge in [0.15, 0.2) is 17.4 Å². The van der Waals surface area contributed by atoms with Gasteiger partial charge in [-0.25, -0.2) is 0 Å². The van der Waals surface area contributed by atoms with E-state index >= 15 is 0 Å². The fourth-order valence-electron chi connectivity index (χ4n) is 0. The second-order valence-corrected chi connectivity index (χ2v) is 0. The SMILES string of the molecule is [AlH3].[CaH2].[Ce].[MgH2]. The molecule has 0 unspecified atom stereocenters. The van der Waals surface area contributed by atoms with E-state index in [0.29, 0.717) is 0 Å². The van der Waals surface area contributed by atoms with E-state index in [9.17, 15) is 0 Å². The van der Waals surface area contributed by atoms with Crippen molar-refractivity contribution in [3.05, 3.63) is 0 Å². The van der Waals surface area contributed by atoms with Crippen LogP contribution in [0.1, 0.15) is 0 Å². The van der Waals surface area contributed by atoms with Crippen LogP contribution in [0.5, 0.6) is 0 Å². The van der Waals surface area contributed by atoms with Crippen LogP contribution >= 0.6 is 0 Å². The van der Waals surface area contributed by atoms with E-state index in [1.54, 1.807) is 0 Å². The van der Waals surface area contributed by atoms with Crippen molar-refractivity contribution < 1.29 is 41.7 Å². The van der Waals surface area contributed by atoms with Gasteiger partial charge in [-0.1, -0.05) is 0 Å². The van der Waals surface area contributed by atoms with Gasteiger partial charge in [0.1, 0.15) is 0 Å². The predicted molar refractivity (Wildman–Crippen MR) is 27.0 cm³/mol. The first-order valence-corrected chi connectivity index (χ1v) is 0. The Kier molecular flexibility index (Phi) is 97.2. The summed E-state index contributed by atoms with van der Waals surface area (Å²) in [5.74, 6) is 0. The summed E-state index contributed by atoms with van der Waals surface area (Å²) in [6, 6.07) is 0. The summed E-state index contributed by atoms with van der Waals surface area (Å²) >= 11 is 0. The minimum absolute atomic E-state index is 0. The third-order valence-corrected chi connectivity index (χ3v) is 0. The van der Waals surface area contributed by atoms with E-state index < -0.39 is 0 Å². The molecule has 0 nitrogen and oxygen atoms in total. The molecular weight excluding hydrogens is 231 g/mol. The van der Waals surface area contributed by atoms with Crippen LogP contribution in [0.25, 0.3) is 0 Å². The van der Waals surface area contributed by atoms with Crippen LogP contribution in [0.3, 0.4) is 0 Å². The van der Waals surface area contributed by atoms with E-state index in [0.717, 1.165) is 0 Å². The number of hydrogen-bond acceptors (Lipinski definition) is 0. The Bertz CT molecular complexity index is 8.00. The Morgan fingerprint density at radius 3 is 1.00 bits per heavy atom. The van der Waals surface area contributed by atoms with Gasteiger partial charge >= 0.3 is 60.8 Å². The Labute approximate surface area is 117 Å². The second-order valence-electron chi connectivity index (χ2n) is 0. The van der Waals surface area contributed by atoms with Crippen molar-refractivity contribution in [3.8, 4) is 0 Å².